The van der Waals surface area contributed by atoms with Gasteiger partial charge < -0.3 is 5.32 Å². The number of nitrogens with one attached hydrogen (secondary N) is 1. The first-order valence-electron chi connectivity index (χ1n) is 5.00. The topological polar surface area (TPSA) is 29.1 Å². The monoisotopic (exact) mass is 188 g/mol. The number of hydrogen-bond acceptors (Lipinski definition) is 2. The first-order chi connectivity index (χ1) is 6.79. The third-order valence-electron chi connectivity index (χ3n) is 2.77. The summed E-state index contributed by atoms with van der Waals surface area (Å²) in [5.41, 5.74) is 2.54. The van der Waals surface area contributed by atoms with E-state index in [4.69, 9.17) is 0 Å². The van der Waals surface area contributed by atoms with Gasteiger partial charge in [0.25, 0.3) is 0 Å². The molecule has 0 aromatic heterocycles. The van der Waals surface area contributed by atoms with Crippen LogP contribution in [-0.2, 0) is 4.79 Å². The molecule has 1 aromatic carbocycles. The maximum Gasteiger partial charge on any atom is 0.216 e. The van der Waals surface area contributed by atoms with Crippen LogP contribution in [0, 0.1) is 6.92 Å². The minimum absolute atomic E-state index is 0.0682. The summed E-state index contributed by atoms with van der Waals surface area (Å²) in [5.74, 6) is 0. The highest BCUT2D eigenvalue weighted by Crippen LogP contribution is 2.25. The molecule has 2 unspecified atom stereocenters. The van der Waals surface area contributed by atoms with E-state index in [9.17, 15) is 4.79 Å². The molecular weight excluding hydrogens is 174 g/mol. The summed E-state index contributed by atoms with van der Waals surface area (Å²) in [6, 6.07) is 8.73. The molecule has 1 N–H and O–H groups in total. The van der Waals surface area contributed by atoms with E-state index >= 15 is 0 Å². The van der Waals surface area contributed by atoms with E-state index in [0.29, 0.717) is 6.04 Å². The van der Waals surface area contributed by atoms with Crippen molar-refractivity contribution in [3.63, 3.8) is 0 Å². The van der Waals surface area contributed by atoms with Crippen LogP contribution in [0.5, 0.6) is 0 Å². The fraction of sp³-hybridized carbons (Fsp3) is 0.417. The molecule has 1 radical (unpaired) electrons. The molecular formula is C12H14NO. The molecule has 1 aliphatic heterocycles. The van der Waals surface area contributed by atoms with E-state index in [1.807, 2.05) is 6.29 Å². The quantitative estimate of drug-likeness (QED) is 0.768. The van der Waals surface area contributed by atoms with Crippen LogP contribution < -0.4 is 5.32 Å². The molecule has 0 amide bonds. The van der Waals surface area contributed by atoms with Crippen molar-refractivity contribution in [2.75, 3.05) is 0 Å². The highest BCUT2D eigenvalue weighted by molar-refractivity contribution is 5.59. The predicted octanol–water partition coefficient (Wildman–Crippen LogP) is 1.90. The molecule has 1 fully saturated rings. The number of rotatable bonds is 2. The highest BCUT2D eigenvalue weighted by atomic mass is 16.1. The van der Waals surface area contributed by atoms with Gasteiger partial charge in [0.15, 0.2) is 0 Å². The average molecular weight is 188 g/mol. The fourth-order valence-corrected chi connectivity index (χ4v) is 1.90. The number of benzene rings is 1. The van der Waals surface area contributed by atoms with Gasteiger partial charge in [-0.3, -0.25) is 4.79 Å². The largest absolute Gasteiger partial charge is 0.300 e. The first-order valence-corrected chi connectivity index (χ1v) is 5.00. The van der Waals surface area contributed by atoms with E-state index in [2.05, 4.69) is 36.5 Å². The van der Waals surface area contributed by atoms with E-state index in [0.717, 1.165) is 12.8 Å². The molecule has 2 atom stereocenters. The molecule has 14 heavy (non-hydrogen) atoms. The minimum Gasteiger partial charge on any atom is -0.300 e. The van der Waals surface area contributed by atoms with Crippen molar-refractivity contribution >= 4 is 6.29 Å². The Morgan fingerprint density at radius 3 is 2.57 bits per heavy atom. The Labute approximate surface area is 84.3 Å². The number of carbonyl (C=O) groups excluding carboxylic acids is 1. The van der Waals surface area contributed by atoms with Crippen molar-refractivity contribution in [2.45, 2.75) is 31.8 Å². The Hall–Kier alpha value is -1.15. The molecule has 1 saturated heterocycles. The van der Waals surface area contributed by atoms with Crippen molar-refractivity contribution in [1.29, 1.82) is 0 Å². The van der Waals surface area contributed by atoms with Gasteiger partial charge >= 0.3 is 0 Å². The lowest BCUT2D eigenvalue weighted by Gasteiger charge is -2.11. The molecule has 0 saturated carbocycles. The molecule has 73 valence electrons. The molecule has 0 aliphatic carbocycles. The summed E-state index contributed by atoms with van der Waals surface area (Å²) in [6.45, 7) is 2.08. The molecule has 0 spiro atoms. The van der Waals surface area contributed by atoms with Gasteiger partial charge in [0.1, 0.15) is 0 Å². The zero-order valence-electron chi connectivity index (χ0n) is 8.29. The standard InChI is InChI=1S/C12H14NO/c1-9-2-4-10(5-3-9)12-7-6-11(8-14)13-12/h2-5,11-13H,6-7H2,1H3. The van der Waals surface area contributed by atoms with Crippen LogP contribution in [0.25, 0.3) is 0 Å². The van der Waals surface area contributed by atoms with Crippen LogP contribution in [0.15, 0.2) is 24.3 Å². The zero-order chi connectivity index (χ0) is 9.97. The van der Waals surface area contributed by atoms with Gasteiger partial charge in [0, 0.05) is 6.04 Å². The summed E-state index contributed by atoms with van der Waals surface area (Å²) >= 11 is 0. The predicted molar refractivity (Wildman–Crippen MR) is 55.8 cm³/mol. The average Bonchev–Trinajstić information content (AvgIpc) is 2.67. The Bertz CT molecular complexity index is 318. The number of hydrogen-bond donors (Lipinski definition) is 1. The Morgan fingerprint density at radius 2 is 2.00 bits per heavy atom. The van der Waals surface area contributed by atoms with Gasteiger partial charge in [-0.1, -0.05) is 29.8 Å². The van der Waals surface area contributed by atoms with Gasteiger partial charge in [0.2, 0.25) is 6.29 Å². The molecule has 1 aliphatic rings. The molecule has 2 rings (SSSR count). The van der Waals surface area contributed by atoms with Gasteiger partial charge in [-0.15, -0.1) is 0 Å². The fourth-order valence-electron chi connectivity index (χ4n) is 1.90. The van der Waals surface area contributed by atoms with E-state index < -0.39 is 0 Å². The third-order valence-corrected chi connectivity index (χ3v) is 2.77. The Kier molecular flexibility index (Phi) is 2.64. The van der Waals surface area contributed by atoms with Crippen molar-refractivity contribution in [3.8, 4) is 0 Å². The summed E-state index contributed by atoms with van der Waals surface area (Å²) in [5, 5.41) is 3.25. The van der Waals surface area contributed by atoms with Gasteiger partial charge in [-0.25, -0.2) is 0 Å². The summed E-state index contributed by atoms with van der Waals surface area (Å²) < 4.78 is 0. The van der Waals surface area contributed by atoms with Crippen LogP contribution in [0.1, 0.15) is 30.0 Å². The second kappa shape index (κ2) is 3.93. The van der Waals surface area contributed by atoms with Crippen molar-refractivity contribution in [1.82, 2.24) is 5.32 Å². The zero-order valence-corrected chi connectivity index (χ0v) is 8.29. The van der Waals surface area contributed by atoms with Crippen LogP contribution in [0.2, 0.25) is 0 Å². The van der Waals surface area contributed by atoms with Crippen LogP contribution in [-0.4, -0.2) is 12.3 Å². The van der Waals surface area contributed by atoms with Crippen molar-refractivity contribution in [2.24, 2.45) is 0 Å². The number of aryl methyl sites for hydroxylation is 1. The molecule has 0 bridgehead atoms. The first kappa shape index (κ1) is 9.41. The lowest BCUT2D eigenvalue weighted by atomic mass is 10.0. The van der Waals surface area contributed by atoms with Crippen LogP contribution in [0.4, 0.5) is 0 Å². The Balaban J connectivity index is 2.09. The van der Waals surface area contributed by atoms with E-state index in [1.54, 1.807) is 0 Å². The second-order valence-corrected chi connectivity index (χ2v) is 3.88. The van der Waals surface area contributed by atoms with Gasteiger partial charge in [-0.2, -0.15) is 0 Å². The smallest absolute Gasteiger partial charge is 0.216 e. The molecule has 2 heteroatoms. The lowest BCUT2D eigenvalue weighted by molar-refractivity contribution is 0.526. The third kappa shape index (κ3) is 1.85. The normalized spacial score (nSPS) is 26.4. The molecule has 1 aromatic rings. The summed E-state index contributed by atoms with van der Waals surface area (Å²) in [7, 11) is 0. The van der Waals surface area contributed by atoms with E-state index in [-0.39, 0.29) is 6.04 Å². The van der Waals surface area contributed by atoms with Gasteiger partial charge in [-0.05, 0) is 25.3 Å². The van der Waals surface area contributed by atoms with Crippen molar-refractivity contribution < 1.29 is 4.79 Å². The highest BCUT2D eigenvalue weighted by Gasteiger charge is 2.24. The lowest BCUT2D eigenvalue weighted by Crippen LogP contribution is -2.25. The van der Waals surface area contributed by atoms with Crippen LogP contribution in [0.3, 0.4) is 0 Å². The SMILES string of the molecule is Cc1ccc(C2CCC([C]=O)N2)cc1. The molecule has 2 nitrogen and oxygen atoms in total. The maximum absolute atomic E-state index is 10.5. The van der Waals surface area contributed by atoms with Crippen molar-refractivity contribution in [3.05, 3.63) is 35.4 Å². The second-order valence-electron chi connectivity index (χ2n) is 3.88. The summed E-state index contributed by atoms with van der Waals surface area (Å²) in [4.78, 5) is 10.5. The minimum atomic E-state index is -0.0682. The Morgan fingerprint density at radius 1 is 1.29 bits per heavy atom. The van der Waals surface area contributed by atoms with E-state index in [1.165, 1.54) is 11.1 Å². The van der Waals surface area contributed by atoms with Crippen LogP contribution >= 0.6 is 0 Å². The summed E-state index contributed by atoms with van der Waals surface area (Å²) in [6.07, 6.45) is 3.95. The molecule has 1 heterocycles. The maximum atomic E-state index is 10.5. The van der Waals surface area contributed by atoms with Gasteiger partial charge in [0.05, 0.1) is 6.04 Å².